The molecule has 2 N–H and O–H groups in total. The fourth-order valence-corrected chi connectivity index (χ4v) is 2.93. The minimum Gasteiger partial charge on any atom is -0.372 e. The van der Waals surface area contributed by atoms with Crippen LogP contribution in [0.2, 0.25) is 0 Å². The van der Waals surface area contributed by atoms with Crippen LogP contribution in [0, 0.1) is 6.92 Å². The van der Waals surface area contributed by atoms with Crippen molar-refractivity contribution in [2.75, 3.05) is 13.2 Å². The molecule has 0 amide bonds. The quantitative estimate of drug-likeness (QED) is 0.910. The summed E-state index contributed by atoms with van der Waals surface area (Å²) in [7, 11) is 0. The van der Waals surface area contributed by atoms with Gasteiger partial charge in [-0.2, -0.15) is 0 Å². The average Bonchev–Trinajstić information content (AvgIpc) is 2.68. The van der Waals surface area contributed by atoms with Crippen LogP contribution in [-0.2, 0) is 11.2 Å². The Labute approximate surface area is 119 Å². The van der Waals surface area contributed by atoms with Crippen molar-refractivity contribution in [3.8, 4) is 11.1 Å². The van der Waals surface area contributed by atoms with Gasteiger partial charge in [0.25, 0.3) is 0 Å². The molecule has 1 aromatic heterocycles. The molecule has 3 nitrogen and oxygen atoms in total. The first kappa shape index (κ1) is 13.3. The number of benzene rings is 1. The Balaban J connectivity index is 2.13. The molecule has 0 bridgehead atoms. The first-order chi connectivity index (χ1) is 9.79. The van der Waals surface area contributed by atoms with E-state index in [9.17, 15) is 0 Å². The second kappa shape index (κ2) is 5.73. The van der Waals surface area contributed by atoms with Gasteiger partial charge in [0.15, 0.2) is 0 Å². The van der Waals surface area contributed by atoms with E-state index in [1.54, 1.807) is 0 Å². The van der Waals surface area contributed by atoms with E-state index in [1.165, 1.54) is 22.3 Å². The topological polar surface area (TPSA) is 48.1 Å². The smallest absolute Gasteiger partial charge is 0.0949 e. The lowest BCUT2D eigenvalue weighted by Crippen LogP contribution is -2.16. The van der Waals surface area contributed by atoms with Gasteiger partial charge >= 0.3 is 0 Å². The highest BCUT2D eigenvalue weighted by molar-refractivity contribution is 5.69. The van der Waals surface area contributed by atoms with Crippen LogP contribution >= 0.6 is 0 Å². The molecule has 20 heavy (non-hydrogen) atoms. The number of nitrogens with two attached hydrogens (primary N) is 1. The Morgan fingerprint density at radius 2 is 2.25 bits per heavy atom. The Morgan fingerprint density at radius 3 is 3.05 bits per heavy atom. The summed E-state index contributed by atoms with van der Waals surface area (Å²) < 4.78 is 5.86. The van der Waals surface area contributed by atoms with Crippen molar-refractivity contribution in [3.63, 3.8) is 0 Å². The van der Waals surface area contributed by atoms with Gasteiger partial charge in [-0.15, -0.1) is 0 Å². The summed E-state index contributed by atoms with van der Waals surface area (Å²) in [5.74, 6) is 0. The normalized spacial score (nSPS) is 18.4. The molecule has 3 heteroatoms. The maximum atomic E-state index is 5.87. The Kier molecular flexibility index (Phi) is 3.81. The van der Waals surface area contributed by atoms with Crippen molar-refractivity contribution in [3.05, 3.63) is 53.3 Å². The minimum absolute atomic E-state index is 0.0235. The highest BCUT2D eigenvalue weighted by Crippen LogP contribution is 2.33. The maximum Gasteiger partial charge on any atom is 0.0949 e. The first-order valence-electron chi connectivity index (χ1n) is 7.16. The zero-order chi connectivity index (χ0) is 13.9. The molecule has 1 aromatic carbocycles. The predicted octanol–water partition coefficient (Wildman–Crippen LogP) is 3.02. The third-order valence-electron chi connectivity index (χ3n) is 3.87. The zero-order valence-electron chi connectivity index (χ0n) is 11.8. The largest absolute Gasteiger partial charge is 0.372 e. The highest BCUT2D eigenvalue weighted by Gasteiger charge is 2.20. The summed E-state index contributed by atoms with van der Waals surface area (Å²) in [4.78, 5) is 4.28. The van der Waals surface area contributed by atoms with Crippen LogP contribution in [0.1, 0.15) is 29.3 Å². The Hall–Kier alpha value is -1.71. The highest BCUT2D eigenvalue weighted by atomic mass is 16.5. The first-order valence-corrected chi connectivity index (χ1v) is 7.16. The Bertz CT molecular complexity index is 610. The number of aromatic nitrogens is 1. The third kappa shape index (κ3) is 2.47. The van der Waals surface area contributed by atoms with Crippen molar-refractivity contribution in [1.29, 1.82) is 0 Å². The molecule has 2 heterocycles. The number of fused-ring (bicyclic) bond motifs is 1. The predicted molar refractivity (Wildman–Crippen MR) is 80.5 cm³/mol. The average molecular weight is 268 g/mol. The van der Waals surface area contributed by atoms with Crippen LogP contribution in [0.3, 0.4) is 0 Å². The van der Waals surface area contributed by atoms with Crippen molar-refractivity contribution in [2.24, 2.45) is 5.73 Å². The van der Waals surface area contributed by atoms with E-state index < -0.39 is 0 Å². The van der Waals surface area contributed by atoms with E-state index >= 15 is 0 Å². The van der Waals surface area contributed by atoms with Gasteiger partial charge in [-0.3, -0.25) is 4.98 Å². The fourth-order valence-electron chi connectivity index (χ4n) is 2.93. The van der Waals surface area contributed by atoms with Gasteiger partial charge in [0.05, 0.1) is 6.10 Å². The van der Waals surface area contributed by atoms with Crippen LogP contribution in [0.5, 0.6) is 0 Å². The number of hydrogen-bond acceptors (Lipinski definition) is 3. The molecule has 2 aromatic rings. The van der Waals surface area contributed by atoms with Gasteiger partial charge in [0, 0.05) is 25.0 Å². The SMILES string of the molecule is Cc1cc(-c2cccc3c2CCCO[C@H]3CN)ccn1. The fraction of sp³-hybridized carbons (Fsp3) is 0.353. The standard InChI is InChI=1S/C17H20N2O/c1-12-10-13(7-8-19-12)14-4-2-5-16-15(14)6-3-9-20-17(16)11-18/h2,4-5,7-8,10,17H,3,6,9,11,18H2,1H3/t17-/m0/s1. The summed E-state index contributed by atoms with van der Waals surface area (Å²) in [6.45, 7) is 3.34. The van der Waals surface area contributed by atoms with Gasteiger partial charge < -0.3 is 10.5 Å². The number of nitrogens with zero attached hydrogens (tertiary/aromatic N) is 1. The summed E-state index contributed by atoms with van der Waals surface area (Å²) in [5, 5.41) is 0. The van der Waals surface area contributed by atoms with E-state index in [1.807, 2.05) is 13.1 Å². The molecule has 0 spiro atoms. The van der Waals surface area contributed by atoms with Crippen molar-refractivity contribution in [1.82, 2.24) is 4.98 Å². The van der Waals surface area contributed by atoms with E-state index in [2.05, 4.69) is 35.3 Å². The molecular formula is C17H20N2O. The molecule has 1 atom stereocenters. The molecule has 0 radical (unpaired) electrons. The van der Waals surface area contributed by atoms with Crippen LogP contribution < -0.4 is 5.73 Å². The summed E-state index contributed by atoms with van der Waals surface area (Å²) in [6, 6.07) is 10.6. The second-order valence-electron chi connectivity index (χ2n) is 5.26. The van der Waals surface area contributed by atoms with E-state index in [4.69, 9.17) is 10.5 Å². The molecular weight excluding hydrogens is 248 g/mol. The summed E-state index contributed by atoms with van der Waals surface area (Å²) in [6.07, 6.45) is 3.99. The molecule has 0 aliphatic carbocycles. The molecule has 0 saturated carbocycles. The molecule has 104 valence electrons. The maximum absolute atomic E-state index is 5.87. The van der Waals surface area contributed by atoms with Crippen molar-refractivity contribution in [2.45, 2.75) is 25.9 Å². The van der Waals surface area contributed by atoms with Gasteiger partial charge in [0.2, 0.25) is 0 Å². The van der Waals surface area contributed by atoms with Crippen molar-refractivity contribution >= 4 is 0 Å². The number of pyridine rings is 1. The van der Waals surface area contributed by atoms with Crippen LogP contribution in [-0.4, -0.2) is 18.1 Å². The molecule has 0 saturated heterocycles. The van der Waals surface area contributed by atoms with Crippen LogP contribution in [0.25, 0.3) is 11.1 Å². The van der Waals surface area contributed by atoms with E-state index in [0.29, 0.717) is 6.54 Å². The van der Waals surface area contributed by atoms with E-state index in [-0.39, 0.29) is 6.10 Å². The summed E-state index contributed by atoms with van der Waals surface area (Å²) in [5.41, 5.74) is 12.1. The summed E-state index contributed by atoms with van der Waals surface area (Å²) >= 11 is 0. The monoisotopic (exact) mass is 268 g/mol. The van der Waals surface area contributed by atoms with Crippen molar-refractivity contribution < 1.29 is 4.74 Å². The van der Waals surface area contributed by atoms with Crippen LogP contribution in [0.4, 0.5) is 0 Å². The lowest BCUT2D eigenvalue weighted by atomic mass is 9.91. The van der Waals surface area contributed by atoms with Gasteiger partial charge in [-0.05, 0) is 54.2 Å². The number of hydrogen-bond donors (Lipinski definition) is 1. The van der Waals surface area contributed by atoms with Crippen LogP contribution in [0.15, 0.2) is 36.5 Å². The lowest BCUT2D eigenvalue weighted by molar-refractivity contribution is 0.0627. The molecule has 0 fully saturated rings. The number of rotatable bonds is 2. The third-order valence-corrected chi connectivity index (χ3v) is 3.87. The molecule has 0 unspecified atom stereocenters. The number of aryl methyl sites for hydroxylation is 1. The second-order valence-corrected chi connectivity index (χ2v) is 5.26. The van der Waals surface area contributed by atoms with E-state index in [0.717, 1.165) is 25.1 Å². The lowest BCUT2D eigenvalue weighted by Gasteiger charge is -2.18. The molecule has 3 rings (SSSR count). The van der Waals surface area contributed by atoms with Gasteiger partial charge in [-0.25, -0.2) is 0 Å². The van der Waals surface area contributed by atoms with Gasteiger partial charge in [-0.1, -0.05) is 18.2 Å². The Morgan fingerprint density at radius 1 is 1.35 bits per heavy atom. The van der Waals surface area contributed by atoms with Gasteiger partial charge in [0.1, 0.15) is 0 Å². The zero-order valence-corrected chi connectivity index (χ0v) is 11.8. The molecule has 1 aliphatic heterocycles. The molecule has 1 aliphatic rings. The minimum atomic E-state index is 0.0235. The number of ether oxygens (including phenoxy) is 1.